The highest BCUT2D eigenvalue weighted by molar-refractivity contribution is 5.91. The summed E-state index contributed by atoms with van der Waals surface area (Å²) >= 11 is 0. The van der Waals surface area contributed by atoms with Crippen molar-refractivity contribution in [1.82, 2.24) is 0 Å². The average molecular weight is 323 g/mol. The van der Waals surface area contributed by atoms with E-state index >= 15 is 0 Å². The Bertz CT molecular complexity index is 771. The Morgan fingerprint density at radius 3 is 2.12 bits per heavy atom. The van der Waals surface area contributed by atoms with Crippen LogP contribution in [-0.4, -0.2) is 21.3 Å². The van der Waals surface area contributed by atoms with Gasteiger partial charge in [-0.15, -0.1) is 0 Å². The molecule has 0 N–H and O–H groups in total. The molecule has 2 aromatic rings. The van der Waals surface area contributed by atoms with Gasteiger partial charge in [-0.3, -0.25) is 0 Å². The van der Waals surface area contributed by atoms with Crippen molar-refractivity contribution < 1.29 is 14.2 Å². The van der Waals surface area contributed by atoms with E-state index in [-0.39, 0.29) is 0 Å². The van der Waals surface area contributed by atoms with Crippen molar-refractivity contribution in [1.29, 1.82) is 5.26 Å². The van der Waals surface area contributed by atoms with Crippen molar-refractivity contribution in [3.63, 3.8) is 0 Å². The van der Waals surface area contributed by atoms with E-state index in [1.165, 1.54) is 5.56 Å². The van der Waals surface area contributed by atoms with E-state index in [9.17, 15) is 5.26 Å². The summed E-state index contributed by atoms with van der Waals surface area (Å²) in [7, 11) is 4.70. The van der Waals surface area contributed by atoms with E-state index in [0.29, 0.717) is 22.8 Å². The quantitative estimate of drug-likeness (QED) is 0.586. The van der Waals surface area contributed by atoms with Crippen LogP contribution >= 0.6 is 0 Å². The molecule has 0 saturated heterocycles. The summed E-state index contributed by atoms with van der Waals surface area (Å²) < 4.78 is 16.1. The van der Waals surface area contributed by atoms with Crippen LogP contribution in [0.4, 0.5) is 0 Å². The summed E-state index contributed by atoms with van der Waals surface area (Å²) in [5.41, 5.74) is 3.42. The number of benzene rings is 2. The van der Waals surface area contributed by atoms with Gasteiger partial charge in [0.25, 0.3) is 0 Å². The van der Waals surface area contributed by atoms with Gasteiger partial charge in [0.1, 0.15) is 0 Å². The molecule has 0 saturated carbocycles. The van der Waals surface area contributed by atoms with Crippen LogP contribution in [-0.2, 0) is 6.42 Å². The predicted octanol–water partition coefficient (Wildman–Crippen LogP) is 4.34. The number of nitrogens with zero attached hydrogens (tertiary/aromatic N) is 1. The number of rotatable bonds is 6. The summed E-state index contributed by atoms with van der Waals surface area (Å²) in [5, 5.41) is 9.54. The molecule has 124 valence electrons. The maximum absolute atomic E-state index is 9.54. The third-order valence-corrected chi connectivity index (χ3v) is 3.83. The van der Waals surface area contributed by atoms with Gasteiger partial charge in [0, 0.05) is 5.56 Å². The molecule has 0 unspecified atom stereocenters. The smallest absolute Gasteiger partial charge is 0.203 e. The van der Waals surface area contributed by atoms with Gasteiger partial charge in [0.05, 0.1) is 33.0 Å². The minimum absolute atomic E-state index is 0.507. The molecular formula is C20H21NO3. The van der Waals surface area contributed by atoms with Gasteiger partial charge < -0.3 is 14.2 Å². The number of nitriles is 1. The van der Waals surface area contributed by atoms with Crippen LogP contribution < -0.4 is 14.2 Å². The Hall–Kier alpha value is -2.93. The maximum Gasteiger partial charge on any atom is 0.203 e. The zero-order valence-electron chi connectivity index (χ0n) is 14.4. The summed E-state index contributed by atoms with van der Waals surface area (Å²) in [5.74, 6) is 1.62. The number of hydrogen-bond acceptors (Lipinski definition) is 4. The summed E-state index contributed by atoms with van der Waals surface area (Å²) in [6.07, 6.45) is 2.76. The van der Waals surface area contributed by atoms with E-state index in [1.54, 1.807) is 33.5 Å². The zero-order chi connectivity index (χ0) is 17.5. The molecule has 0 atom stereocenters. The second kappa shape index (κ2) is 8.07. The minimum Gasteiger partial charge on any atom is -0.493 e. The molecule has 0 aliphatic carbocycles. The molecule has 0 bridgehead atoms. The SMILES string of the molecule is CCc1ccc(C(C#N)=Cc2ccc(OC)c(OC)c2OC)cc1. The Morgan fingerprint density at radius 1 is 0.958 bits per heavy atom. The molecular weight excluding hydrogens is 302 g/mol. The number of ether oxygens (including phenoxy) is 3. The van der Waals surface area contributed by atoms with Crippen LogP contribution in [0.5, 0.6) is 17.2 Å². The van der Waals surface area contributed by atoms with Crippen molar-refractivity contribution >= 4 is 11.6 Å². The van der Waals surface area contributed by atoms with Crippen LogP contribution in [0.15, 0.2) is 36.4 Å². The Kier molecular flexibility index (Phi) is 5.86. The normalized spacial score (nSPS) is 10.9. The van der Waals surface area contributed by atoms with Crippen molar-refractivity contribution in [2.45, 2.75) is 13.3 Å². The van der Waals surface area contributed by atoms with Crippen LogP contribution in [0.25, 0.3) is 11.6 Å². The summed E-state index contributed by atoms with van der Waals surface area (Å²) in [4.78, 5) is 0. The van der Waals surface area contributed by atoms with Crippen LogP contribution in [0, 0.1) is 11.3 Å². The van der Waals surface area contributed by atoms with E-state index in [4.69, 9.17) is 14.2 Å². The second-order valence-corrected chi connectivity index (χ2v) is 5.14. The highest BCUT2D eigenvalue weighted by Crippen LogP contribution is 2.41. The molecule has 2 aromatic carbocycles. The minimum atomic E-state index is 0.507. The van der Waals surface area contributed by atoms with E-state index in [2.05, 4.69) is 13.0 Å². The lowest BCUT2D eigenvalue weighted by atomic mass is 10.0. The van der Waals surface area contributed by atoms with Gasteiger partial charge in [0.2, 0.25) is 5.75 Å². The van der Waals surface area contributed by atoms with E-state index in [1.807, 2.05) is 30.3 Å². The maximum atomic E-state index is 9.54. The Morgan fingerprint density at radius 2 is 1.62 bits per heavy atom. The molecule has 0 aromatic heterocycles. The van der Waals surface area contributed by atoms with Crippen LogP contribution in [0.2, 0.25) is 0 Å². The molecule has 2 rings (SSSR count). The molecule has 0 heterocycles. The largest absolute Gasteiger partial charge is 0.493 e. The molecule has 0 amide bonds. The molecule has 0 fully saturated rings. The second-order valence-electron chi connectivity index (χ2n) is 5.14. The van der Waals surface area contributed by atoms with Gasteiger partial charge in [-0.05, 0) is 35.8 Å². The van der Waals surface area contributed by atoms with Crippen LogP contribution in [0.3, 0.4) is 0 Å². The first-order valence-corrected chi connectivity index (χ1v) is 7.68. The van der Waals surface area contributed by atoms with Crippen molar-refractivity contribution in [3.05, 3.63) is 53.1 Å². The first-order valence-electron chi connectivity index (χ1n) is 7.68. The van der Waals surface area contributed by atoms with Crippen LogP contribution in [0.1, 0.15) is 23.6 Å². The standard InChI is InChI=1S/C20H21NO3/c1-5-14-6-8-15(9-7-14)17(13-21)12-16-10-11-18(22-2)20(24-4)19(16)23-3/h6-12H,5H2,1-4H3. The average Bonchev–Trinajstić information content (AvgIpc) is 2.65. The molecule has 4 nitrogen and oxygen atoms in total. The fourth-order valence-electron chi connectivity index (χ4n) is 2.49. The van der Waals surface area contributed by atoms with Crippen molar-refractivity contribution in [2.24, 2.45) is 0 Å². The molecule has 0 aliphatic rings. The van der Waals surface area contributed by atoms with Gasteiger partial charge >= 0.3 is 0 Å². The van der Waals surface area contributed by atoms with Crippen molar-refractivity contribution in [3.8, 4) is 23.3 Å². The molecule has 0 radical (unpaired) electrons. The fourth-order valence-corrected chi connectivity index (χ4v) is 2.49. The first-order chi connectivity index (χ1) is 11.7. The molecule has 24 heavy (non-hydrogen) atoms. The van der Waals surface area contributed by atoms with E-state index < -0.39 is 0 Å². The fraction of sp³-hybridized carbons (Fsp3) is 0.250. The number of aryl methyl sites for hydroxylation is 1. The van der Waals surface area contributed by atoms with Gasteiger partial charge in [-0.1, -0.05) is 31.2 Å². The molecule has 4 heteroatoms. The molecule has 0 spiro atoms. The third kappa shape index (κ3) is 3.52. The monoisotopic (exact) mass is 323 g/mol. The van der Waals surface area contributed by atoms with Crippen molar-refractivity contribution in [2.75, 3.05) is 21.3 Å². The third-order valence-electron chi connectivity index (χ3n) is 3.83. The number of hydrogen-bond donors (Lipinski definition) is 0. The van der Waals surface area contributed by atoms with E-state index in [0.717, 1.165) is 17.5 Å². The lowest BCUT2D eigenvalue weighted by Gasteiger charge is -2.14. The predicted molar refractivity (Wildman–Crippen MR) is 95.4 cm³/mol. The topological polar surface area (TPSA) is 51.5 Å². The summed E-state index contributed by atoms with van der Waals surface area (Å²) in [6.45, 7) is 2.10. The summed E-state index contributed by atoms with van der Waals surface area (Å²) in [6, 6.07) is 13.9. The highest BCUT2D eigenvalue weighted by atomic mass is 16.5. The highest BCUT2D eigenvalue weighted by Gasteiger charge is 2.15. The number of allylic oxidation sites excluding steroid dienone is 1. The van der Waals surface area contributed by atoms with Gasteiger partial charge in [-0.2, -0.15) is 5.26 Å². The van der Waals surface area contributed by atoms with Gasteiger partial charge in [-0.25, -0.2) is 0 Å². The Labute approximate surface area is 142 Å². The number of methoxy groups -OCH3 is 3. The zero-order valence-corrected chi connectivity index (χ0v) is 14.4. The first kappa shape index (κ1) is 17.4. The Balaban J connectivity index is 2.52. The molecule has 0 aliphatic heterocycles. The lowest BCUT2D eigenvalue weighted by Crippen LogP contribution is -1.97. The van der Waals surface area contributed by atoms with Gasteiger partial charge in [0.15, 0.2) is 11.5 Å². The lowest BCUT2D eigenvalue weighted by molar-refractivity contribution is 0.324.